The zero-order valence-electron chi connectivity index (χ0n) is 9.75. The van der Waals surface area contributed by atoms with Crippen LogP contribution in [0.5, 0.6) is 0 Å². The van der Waals surface area contributed by atoms with E-state index in [4.69, 9.17) is 0 Å². The maximum absolute atomic E-state index is 2.28. The van der Waals surface area contributed by atoms with Crippen molar-refractivity contribution in [1.29, 1.82) is 0 Å². The Kier molecular flexibility index (Phi) is 7.18. The van der Waals surface area contributed by atoms with Gasteiger partial charge in [-0.2, -0.15) is 0 Å². The van der Waals surface area contributed by atoms with Gasteiger partial charge in [-0.15, -0.1) is 0 Å². The molecule has 4 heteroatoms. The molecule has 0 heterocycles. The first kappa shape index (κ1) is 18.2. The number of rotatable bonds is 0. The fraction of sp³-hybridized carbons (Fsp3) is 0.143. The van der Waals surface area contributed by atoms with Crippen LogP contribution in [-0.2, 0) is 24.7 Å². The van der Waals surface area contributed by atoms with Crippen LogP contribution in [0.4, 0.5) is 0 Å². The minimum Gasteiger partial charge on any atom is -1.00 e. The van der Waals surface area contributed by atoms with Crippen LogP contribution in [0.15, 0.2) is 42.5 Å². The Balaban J connectivity index is 0.000000963. The molecule has 0 saturated carbocycles. The van der Waals surface area contributed by atoms with Crippen LogP contribution in [0.3, 0.4) is 0 Å². The van der Waals surface area contributed by atoms with Crippen LogP contribution in [0.1, 0.15) is 20.3 Å². The maximum Gasteiger partial charge on any atom is -1.00 e. The number of aryl methyl sites for hydroxylation is 1. The normalized spacial score (nSPS) is 14.5. The third-order valence-corrected chi connectivity index (χ3v) is 4.69. The summed E-state index contributed by atoms with van der Waals surface area (Å²) in [7, 11) is 0. The topological polar surface area (TPSA) is 0 Å². The SMILES string of the molecule is Cc1cccc2c1-c1ccccc1[CH]2[Zr+3].[Cl-].[Cl-].[Cl-]. The van der Waals surface area contributed by atoms with E-state index in [0.717, 1.165) is 0 Å². The van der Waals surface area contributed by atoms with E-state index in [1.165, 1.54) is 27.8 Å². The van der Waals surface area contributed by atoms with Gasteiger partial charge in [-0.05, 0) is 0 Å². The van der Waals surface area contributed by atoms with Gasteiger partial charge in [0, 0.05) is 0 Å². The quantitative estimate of drug-likeness (QED) is 0.431. The van der Waals surface area contributed by atoms with Gasteiger partial charge in [-0.1, -0.05) is 0 Å². The summed E-state index contributed by atoms with van der Waals surface area (Å²) < 4.78 is 0.642. The molecule has 2 aromatic carbocycles. The Hall–Kier alpha value is 0.193. The first-order valence-corrected chi connectivity index (χ1v) is 6.61. The average Bonchev–Trinajstić information content (AvgIpc) is 2.55. The summed E-state index contributed by atoms with van der Waals surface area (Å²) in [5.41, 5.74) is 7.38. The summed E-state index contributed by atoms with van der Waals surface area (Å²) in [6.45, 7) is 2.21. The van der Waals surface area contributed by atoms with Gasteiger partial charge >= 0.3 is 106 Å². The molecular formula is C14H11Cl3Zr. The second kappa shape index (κ2) is 7.10. The number of halogens is 3. The molecule has 1 unspecified atom stereocenters. The van der Waals surface area contributed by atoms with E-state index < -0.39 is 0 Å². The van der Waals surface area contributed by atoms with Crippen molar-refractivity contribution < 1.29 is 61.9 Å². The monoisotopic (exact) mass is 374 g/mol. The standard InChI is InChI=1S/C14H11.3ClH.Zr/c1-10-5-4-7-12-9-11-6-2-3-8-13(11)14(10)12;;;;/h2-9H,1H3;3*1H;/q;;;;+3/p-3. The molecule has 2 aromatic rings. The van der Waals surface area contributed by atoms with Crippen molar-refractivity contribution in [3.8, 4) is 11.1 Å². The fourth-order valence-corrected chi connectivity index (χ4v) is 3.65. The summed E-state index contributed by atoms with van der Waals surface area (Å²) in [6, 6.07) is 15.5. The van der Waals surface area contributed by atoms with E-state index in [-0.39, 0.29) is 37.2 Å². The fourth-order valence-electron chi connectivity index (χ4n) is 2.44. The number of hydrogen-bond acceptors (Lipinski definition) is 0. The van der Waals surface area contributed by atoms with Gasteiger partial charge in [-0.25, -0.2) is 0 Å². The van der Waals surface area contributed by atoms with Gasteiger partial charge in [0.25, 0.3) is 0 Å². The molecule has 0 aliphatic heterocycles. The van der Waals surface area contributed by atoms with Crippen LogP contribution in [0.25, 0.3) is 11.1 Å². The molecule has 0 aromatic heterocycles. The molecule has 0 N–H and O–H groups in total. The summed E-state index contributed by atoms with van der Waals surface area (Å²) in [5, 5.41) is 0. The van der Waals surface area contributed by atoms with E-state index in [1.54, 1.807) is 24.7 Å². The molecule has 1 atom stereocenters. The molecule has 0 spiro atoms. The summed E-state index contributed by atoms with van der Waals surface area (Å²) in [6.07, 6.45) is 0. The first-order valence-electron chi connectivity index (χ1n) is 5.19. The van der Waals surface area contributed by atoms with Crippen LogP contribution < -0.4 is 37.2 Å². The molecule has 0 bridgehead atoms. The molecule has 1 aliphatic rings. The summed E-state index contributed by atoms with van der Waals surface area (Å²) in [5.74, 6) is 0. The number of benzene rings is 2. The second-order valence-corrected chi connectivity index (χ2v) is 5.48. The predicted octanol–water partition coefficient (Wildman–Crippen LogP) is -5.38. The largest absolute Gasteiger partial charge is 1.00 e. The summed E-state index contributed by atoms with van der Waals surface area (Å²) in [4.78, 5) is 0. The zero-order chi connectivity index (χ0) is 10.4. The van der Waals surface area contributed by atoms with E-state index in [2.05, 4.69) is 49.4 Å². The minimum atomic E-state index is 0. The maximum atomic E-state index is 2.28. The van der Waals surface area contributed by atoms with Crippen molar-refractivity contribution in [3.63, 3.8) is 0 Å². The van der Waals surface area contributed by atoms with E-state index >= 15 is 0 Å². The minimum absolute atomic E-state index is 0. The Labute approximate surface area is 142 Å². The molecule has 92 valence electrons. The Morgan fingerprint density at radius 2 is 1.44 bits per heavy atom. The molecule has 0 amide bonds. The summed E-state index contributed by atoms with van der Waals surface area (Å²) >= 11 is 1.59. The van der Waals surface area contributed by atoms with Crippen molar-refractivity contribution in [1.82, 2.24) is 0 Å². The molecule has 0 radical (unpaired) electrons. The van der Waals surface area contributed by atoms with Crippen LogP contribution in [0.2, 0.25) is 0 Å². The van der Waals surface area contributed by atoms with Crippen molar-refractivity contribution in [3.05, 3.63) is 59.2 Å². The van der Waals surface area contributed by atoms with E-state index in [1.807, 2.05) is 0 Å². The zero-order valence-corrected chi connectivity index (χ0v) is 14.5. The molecule has 3 rings (SSSR count). The predicted molar refractivity (Wildman–Crippen MR) is 58.5 cm³/mol. The van der Waals surface area contributed by atoms with Gasteiger partial charge in [0.15, 0.2) is 0 Å². The van der Waals surface area contributed by atoms with Crippen LogP contribution in [0, 0.1) is 6.92 Å². The number of fused-ring (bicyclic) bond motifs is 3. The van der Waals surface area contributed by atoms with Gasteiger partial charge in [-0.3, -0.25) is 0 Å². The Bertz CT molecular complexity index is 540. The second-order valence-electron chi connectivity index (χ2n) is 4.06. The van der Waals surface area contributed by atoms with Crippen molar-refractivity contribution >= 4 is 0 Å². The van der Waals surface area contributed by atoms with Gasteiger partial charge in [0.2, 0.25) is 0 Å². The van der Waals surface area contributed by atoms with Crippen molar-refractivity contribution in [2.24, 2.45) is 0 Å². The third-order valence-electron chi connectivity index (χ3n) is 3.16. The van der Waals surface area contributed by atoms with Crippen molar-refractivity contribution in [2.75, 3.05) is 0 Å². The van der Waals surface area contributed by atoms with Crippen LogP contribution >= 0.6 is 0 Å². The van der Waals surface area contributed by atoms with Gasteiger partial charge in [0.05, 0.1) is 0 Å². The van der Waals surface area contributed by atoms with Gasteiger partial charge < -0.3 is 37.2 Å². The first-order chi connectivity index (χ1) is 7.29. The molecule has 1 aliphatic carbocycles. The Morgan fingerprint density at radius 3 is 2.17 bits per heavy atom. The van der Waals surface area contributed by atoms with Gasteiger partial charge in [0.1, 0.15) is 0 Å². The molecule has 0 fully saturated rings. The average molecular weight is 377 g/mol. The molecule has 0 saturated heterocycles. The van der Waals surface area contributed by atoms with E-state index in [9.17, 15) is 0 Å². The molecular weight excluding hydrogens is 366 g/mol. The molecule has 0 nitrogen and oxygen atoms in total. The molecule has 18 heavy (non-hydrogen) atoms. The third kappa shape index (κ3) is 2.70. The van der Waals surface area contributed by atoms with Crippen molar-refractivity contribution in [2.45, 2.75) is 10.5 Å². The number of hydrogen-bond donors (Lipinski definition) is 0. The smallest absolute Gasteiger partial charge is 1.00 e. The van der Waals surface area contributed by atoms with E-state index in [0.29, 0.717) is 3.63 Å². The Morgan fingerprint density at radius 1 is 0.833 bits per heavy atom. The van der Waals surface area contributed by atoms with Crippen LogP contribution in [-0.4, -0.2) is 0 Å².